The van der Waals surface area contributed by atoms with Crippen LogP contribution in [0.25, 0.3) is 16.8 Å². The van der Waals surface area contributed by atoms with E-state index in [0.717, 1.165) is 18.3 Å². The van der Waals surface area contributed by atoms with E-state index in [9.17, 15) is 22.8 Å². The highest BCUT2D eigenvalue weighted by molar-refractivity contribution is 6.04. The van der Waals surface area contributed by atoms with Gasteiger partial charge in [0.05, 0.1) is 11.5 Å². The number of aromatic nitrogens is 4. The van der Waals surface area contributed by atoms with Gasteiger partial charge in [-0.05, 0) is 51.0 Å². The Bertz CT molecular complexity index is 1650. The van der Waals surface area contributed by atoms with E-state index in [2.05, 4.69) is 15.3 Å². The van der Waals surface area contributed by atoms with Gasteiger partial charge in [0.1, 0.15) is 39.7 Å². The quantitative estimate of drug-likeness (QED) is 0.358. The number of imidazole rings is 1. The summed E-state index contributed by atoms with van der Waals surface area (Å²) < 4.78 is 46.5. The third-order valence-corrected chi connectivity index (χ3v) is 8.12. The van der Waals surface area contributed by atoms with Gasteiger partial charge in [-0.25, -0.2) is 15.0 Å². The van der Waals surface area contributed by atoms with Crippen molar-refractivity contribution in [3.05, 3.63) is 71.9 Å². The standard InChI is InChI=1S/C27H23F3N6O3/c1-25-9-7-17(26(25,2)39-24(25)38)22-35-19(20-21(31)33-11-12-36(20)22)14-3-5-15(6-4-14)23(37)34-18-13-16(8-10-32-18)27(28,29)30/h3-6,8,10-13,17H,7,9H2,1-2H3,(H2,31,33)(H,32,34,37)/t17-,25+,26?/m1/s1. The topological polar surface area (TPSA) is 124 Å². The van der Waals surface area contributed by atoms with Crippen LogP contribution in [0.3, 0.4) is 0 Å². The fraction of sp³-hybridized carbons (Fsp3) is 0.296. The fourth-order valence-electron chi connectivity index (χ4n) is 5.64. The maximum absolute atomic E-state index is 13.0. The first-order valence-electron chi connectivity index (χ1n) is 12.2. The molecule has 200 valence electrons. The van der Waals surface area contributed by atoms with Crippen LogP contribution in [0, 0.1) is 5.41 Å². The zero-order valence-electron chi connectivity index (χ0n) is 20.9. The van der Waals surface area contributed by atoms with E-state index >= 15 is 0 Å². The second-order valence-electron chi connectivity index (χ2n) is 10.2. The molecule has 4 aromatic rings. The van der Waals surface area contributed by atoms with E-state index in [-0.39, 0.29) is 29.1 Å². The summed E-state index contributed by atoms with van der Waals surface area (Å²) in [5.74, 6) is -0.228. The number of carbonyl (C=O) groups is 2. The Labute approximate surface area is 220 Å². The van der Waals surface area contributed by atoms with Crippen molar-refractivity contribution in [3.8, 4) is 11.3 Å². The molecule has 9 nitrogen and oxygen atoms in total. The van der Waals surface area contributed by atoms with Gasteiger partial charge >= 0.3 is 12.1 Å². The Balaban J connectivity index is 1.32. The number of hydrogen-bond donors (Lipinski definition) is 2. The molecule has 4 heterocycles. The molecule has 3 atom stereocenters. The minimum absolute atomic E-state index is 0.159. The van der Waals surface area contributed by atoms with Gasteiger partial charge in [0.15, 0.2) is 0 Å². The summed E-state index contributed by atoms with van der Waals surface area (Å²) in [4.78, 5) is 37.9. The zero-order valence-corrected chi connectivity index (χ0v) is 20.9. The highest BCUT2D eigenvalue weighted by Gasteiger charge is 2.71. The predicted octanol–water partition coefficient (Wildman–Crippen LogP) is 4.84. The number of alkyl halides is 3. The van der Waals surface area contributed by atoms with E-state index in [1.807, 2.05) is 18.2 Å². The van der Waals surface area contributed by atoms with Crippen LogP contribution in [0.5, 0.6) is 0 Å². The molecular weight excluding hydrogens is 513 g/mol. The third kappa shape index (κ3) is 3.65. The lowest BCUT2D eigenvalue weighted by Gasteiger charge is -2.51. The first kappa shape index (κ1) is 24.8. The molecule has 1 saturated carbocycles. The first-order chi connectivity index (χ1) is 18.4. The number of ether oxygens (including phenoxy) is 1. The van der Waals surface area contributed by atoms with E-state index in [1.54, 1.807) is 24.5 Å². The maximum Gasteiger partial charge on any atom is 0.416 e. The second kappa shape index (κ2) is 8.26. The summed E-state index contributed by atoms with van der Waals surface area (Å²) in [7, 11) is 0. The number of rotatable bonds is 4. The van der Waals surface area contributed by atoms with Crippen molar-refractivity contribution in [2.24, 2.45) is 5.41 Å². The van der Waals surface area contributed by atoms with Crippen molar-refractivity contribution < 1.29 is 27.5 Å². The number of pyridine rings is 1. The van der Waals surface area contributed by atoms with E-state index < -0.39 is 28.7 Å². The second-order valence-corrected chi connectivity index (χ2v) is 10.2. The SMILES string of the molecule is CC12OC(=O)[C@]1(C)CC[C@@H]2c1nc(-c2ccc(C(=O)Nc3cc(C(F)(F)F)ccn3)cc2)c2c(N)nccn12. The highest BCUT2D eigenvalue weighted by atomic mass is 19.4. The molecule has 2 fully saturated rings. The molecule has 0 spiro atoms. The Hall–Kier alpha value is -4.48. The Morgan fingerprint density at radius 3 is 2.56 bits per heavy atom. The molecule has 1 aliphatic heterocycles. The molecule has 0 radical (unpaired) electrons. The van der Waals surface area contributed by atoms with Gasteiger partial charge in [0, 0.05) is 29.7 Å². The number of fused-ring (bicyclic) bond motifs is 2. The van der Waals surface area contributed by atoms with Crippen LogP contribution in [-0.4, -0.2) is 36.8 Å². The van der Waals surface area contributed by atoms with Gasteiger partial charge in [-0.1, -0.05) is 12.1 Å². The molecule has 1 amide bonds. The first-order valence-corrected chi connectivity index (χ1v) is 12.2. The number of halogens is 3. The monoisotopic (exact) mass is 536 g/mol. The summed E-state index contributed by atoms with van der Waals surface area (Å²) in [6.07, 6.45) is 1.17. The van der Waals surface area contributed by atoms with Crippen LogP contribution < -0.4 is 11.1 Å². The number of anilines is 2. The summed E-state index contributed by atoms with van der Waals surface area (Å²) in [5, 5.41) is 2.40. The average Bonchev–Trinajstić information content (AvgIpc) is 3.37. The van der Waals surface area contributed by atoms with Gasteiger partial charge < -0.3 is 15.8 Å². The van der Waals surface area contributed by atoms with Crippen molar-refractivity contribution in [1.82, 2.24) is 19.4 Å². The predicted molar refractivity (Wildman–Crippen MR) is 135 cm³/mol. The van der Waals surface area contributed by atoms with E-state index in [1.165, 1.54) is 12.1 Å². The van der Waals surface area contributed by atoms with Gasteiger partial charge in [0.2, 0.25) is 0 Å². The van der Waals surface area contributed by atoms with Crippen molar-refractivity contribution in [2.75, 3.05) is 11.1 Å². The number of nitrogens with two attached hydrogens (primary N) is 1. The summed E-state index contributed by atoms with van der Waals surface area (Å²) >= 11 is 0. The number of amides is 1. The van der Waals surface area contributed by atoms with E-state index in [4.69, 9.17) is 15.5 Å². The molecule has 0 bridgehead atoms. The fourth-order valence-corrected chi connectivity index (χ4v) is 5.64. The van der Waals surface area contributed by atoms with Crippen LogP contribution in [-0.2, 0) is 15.7 Å². The molecule has 1 unspecified atom stereocenters. The molecule has 1 saturated heterocycles. The Morgan fingerprint density at radius 2 is 1.90 bits per heavy atom. The summed E-state index contributed by atoms with van der Waals surface area (Å²) in [5.41, 5.74) is 6.08. The number of hydrogen-bond acceptors (Lipinski definition) is 7. The number of nitrogens with zero attached hydrogens (tertiary/aromatic N) is 4. The molecule has 1 aliphatic carbocycles. The van der Waals surface area contributed by atoms with Crippen molar-refractivity contribution in [3.63, 3.8) is 0 Å². The molecule has 1 aromatic carbocycles. The van der Waals surface area contributed by atoms with Crippen LogP contribution >= 0.6 is 0 Å². The lowest BCUT2D eigenvalue weighted by atomic mass is 9.69. The number of carbonyl (C=O) groups excluding carboxylic acids is 2. The van der Waals surface area contributed by atoms with Crippen LogP contribution in [0.15, 0.2) is 55.0 Å². The van der Waals surface area contributed by atoms with Crippen LogP contribution in [0.4, 0.5) is 24.8 Å². The van der Waals surface area contributed by atoms with Gasteiger partial charge in [0.25, 0.3) is 5.91 Å². The number of nitrogens with one attached hydrogen (secondary N) is 1. The normalized spacial score (nSPS) is 24.2. The van der Waals surface area contributed by atoms with Gasteiger partial charge in [-0.3, -0.25) is 14.0 Å². The zero-order chi connectivity index (χ0) is 27.7. The molecule has 3 aromatic heterocycles. The molecule has 12 heteroatoms. The highest BCUT2D eigenvalue weighted by Crippen LogP contribution is 2.63. The average molecular weight is 537 g/mol. The van der Waals surface area contributed by atoms with Crippen molar-refractivity contribution in [1.29, 1.82) is 0 Å². The third-order valence-electron chi connectivity index (χ3n) is 8.12. The number of nitrogen functional groups attached to an aromatic ring is 1. The van der Waals surface area contributed by atoms with Gasteiger partial charge in [-0.15, -0.1) is 0 Å². The maximum atomic E-state index is 13.0. The lowest BCUT2D eigenvalue weighted by molar-refractivity contribution is -0.229. The molecule has 39 heavy (non-hydrogen) atoms. The van der Waals surface area contributed by atoms with Crippen molar-refractivity contribution >= 4 is 29.0 Å². The van der Waals surface area contributed by atoms with Crippen molar-refractivity contribution in [2.45, 2.75) is 44.4 Å². The Morgan fingerprint density at radius 1 is 1.15 bits per heavy atom. The lowest BCUT2D eigenvalue weighted by Crippen LogP contribution is -2.62. The summed E-state index contributed by atoms with van der Waals surface area (Å²) in [6, 6.07) is 8.03. The number of esters is 1. The summed E-state index contributed by atoms with van der Waals surface area (Å²) in [6.45, 7) is 3.86. The minimum Gasteiger partial charge on any atom is -0.457 e. The van der Waals surface area contributed by atoms with Crippen LogP contribution in [0.1, 0.15) is 54.4 Å². The molecule has 3 N–H and O–H groups in total. The van der Waals surface area contributed by atoms with Crippen LogP contribution in [0.2, 0.25) is 0 Å². The molecular formula is C27H23F3N6O3. The van der Waals surface area contributed by atoms with Gasteiger partial charge in [-0.2, -0.15) is 13.2 Å². The van der Waals surface area contributed by atoms with E-state index in [0.29, 0.717) is 35.4 Å². The largest absolute Gasteiger partial charge is 0.457 e. The number of benzene rings is 1. The smallest absolute Gasteiger partial charge is 0.416 e. The Kier molecular flexibility index (Phi) is 5.26. The minimum atomic E-state index is -4.55. The molecule has 2 aliphatic rings. The molecule has 6 rings (SSSR count).